The third-order valence-electron chi connectivity index (χ3n) is 6.58. The zero-order chi connectivity index (χ0) is 22.8. The van der Waals surface area contributed by atoms with Crippen LogP contribution in [0.3, 0.4) is 0 Å². The fourth-order valence-electron chi connectivity index (χ4n) is 4.71. The summed E-state index contributed by atoms with van der Waals surface area (Å²) < 4.78 is 49.2. The molecular weight excluding hydrogens is 427 g/mol. The van der Waals surface area contributed by atoms with Gasteiger partial charge in [-0.2, -0.15) is 18.2 Å². The topological polar surface area (TPSA) is 80.6 Å². The van der Waals surface area contributed by atoms with Gasteiger partial charge in [-0.3, -0.25) is 19.1 Å². The Morgan fingerprint density at radius 1 is 1.31 bits per heavy atom. The van der Waals surface area contributed by atoms with E-state index >= 15 is 0 Å². The maximum Gasteiger partial charge on any atom is 0.413 e. The molecule has 0 amide bonds. The second-order valence-corrected chi connectivity index (χ2v) is 8.87. The van der Waals surface area contributed by atoms with Crippen LogP contribution in [0.4, 0.5) is 24.9 Å². The first kappa shape index (κ1) is 20.9. The highest BCUT2D eigenvalue weighted by atomic mass is 19.4. The molecule has 3 atom stereocenters. The lowest BCUT2D eigenvalue weighted by Crippen LogP contribution is -2.57. The number of halogens is 3. The van der Waals surface area contributed by atoms with Crippen molar-refractivity contribution < 1.29 is 22.7 Å². The van der Waals surface area contributed by atoms with Crippen molar-refractivity contribution in [3.05, 3.63) is 46.0 Å². The fraction of sp³-hybridized carbons (Fsp3) is 0.524. The molecule has 3 aliphatic heterocycles. The Morgan fingerprint density at radius 2 is 2.09 bits per heavy atom. The molecule has 2 fully saturated rings. The molecule has 2 saturated heterocycles. The number of ketones is 1. The molecule has 0 aliphatic carbocycles. The summed E-state index contributed by atoms with van der Waals surface area (Å²) in [5, 5.41) is 0. The third-order valence-corrected chi connectivity index (χ3v) is 6.58. The number of morpholine rings is 1. The highest BCUT2D eigenvalue weighted by Crippen LogP contribution is 2.43. The van der Waals surface area contributed by atoms with Crippen molar-refractivity contribution in [3.8, 4) is 0 Å². The molecule has 32 heavy (non-hydrogen) atoms. The van der Waals surface area contributed by atoms with Crippen LogP contribution in [0.1, 0.15) is 29.3 Å². The van der Waals surface area contributed by atoms with Crippen LogP contribution in [0.25, 0.3) is 0 Å². The highest BCUT2D eigenvalue weighted by Gasteiger charge is 2.60. The number of nitrogens with zero attached hydrogens (tertiary/aromatic N) is 5. The van der Waals surface area contributed by atoms with Gasteiger partial charge >= 0.3 is 6.18 Å². The molecule has 2 aromatic heterocycles. The van der Waals surface area contributed by atoms with Gasteiger partial charge in [0, 0.05) is 30.6 Å². The van der Waals surface area contributed by atoms with E-state index in [0.29, 0.717) is 19.0 Å². The summed E-state index contributed by atoms with van der Waals surface area (Å²) in [5.74, 6) is -0.360. The number of anilines is 2. The lowest BCUT2D eigenvalue weighted by atomic mass is 10.00. The van der Waals surface area contributed by atoms with Crippen molar-refractivity contribution >= 4 is 17.5 Å². The van der Waals surface area contributed by atoms with Crippen LogP contribution >= 0.6 is 0 Å². The third kappa shape index (κ3) is 3.17. The minimum absolute atomic E-state index is 0.0322. The minimum Gasteiger partial charge on any atom is -0.374 e. The molecular formula is C21H22F3N5O3. The monoisotopic (exact) mass is 449 g/mol. The Kier molecular flexibility index (Phi) is 4.59. The molecule has 0 spiro atoms. The van der Waals surface area contributed by atoms with E-state index in [-0.39, 0.29) is 23.7 Å². The van der Waals surface area contributed by atoms with Gasteiger partial charge in [0.25, 0.3) is 5.56 Å². The second kappa shape index (κ2) is 7.03. The maximum atomic E-state index is 14.2. The van der Waals surface area contributed by atoms with Gasteiger partial charge in [-0.1, -0.05) is 0 Å². The van der Waals surface area contributed by atoms with E-state index in [4.69, 9.17) is 4.74 Å². The van der Waals surface area contributed by atoms with Gasteiger partial charge in [-0.05, 0) is 31.9 Å². The van der Waals surface area contributed by atoms with E-state index in [1.165, 1.54) is 12.3 Å². The summed E-state index contributed by atoms with van der Waals surface area (Å²) in [7, 11) is 0. The largest absolute Gasteiger partial charge is 0.413 e. The number of hydrogen-bond donors (Lipinski definition) is 0. The van der Waals surface area contributed by atoms with Crippen LogP contribution in [0.5, 0.6) is 0 Å². The zero-order valence-electron chi connectivity index (χ0n) is 17.6. The smallest absolute Gasteiger partial charge is 0.374 e. The number of aryl methyl sites for hydroxylation is 1. The van der Waals surface area contributed by atoms with Crippen LogP contribution < -0.4 is 15.4 Å². The second-order valence-electron chi connectivity index (χ2n) is 8.87. The molecule has 0 N–H and O–H groups in total. The van der Waals surface area contributed by atoms with Crippen molar-refractivity contribution in [2.75, 3.05) is 29.5 Å². The molecule has 2 aromatic rings. The first-order chi connectivity index (χ1) is 15.1. The van der Waals surface area contributed by atoms with E-state index in [0.717, 1.165) is 28.4 Å². The minimum atomic E-state index is -4.70. The van der Waals surface area contributed by atoms with Gasteiger partial charge in [0.05, 0.1) is 31.8 Å². The number of carbonyl (C=O) groups excluding carboxylic acids is 1. The Balaban J connectivity index is 1.56. The van der Waals surface area contributed by atoms with Crippen molar-refractivity contribution in [1.29, 1.82) is 0 Å². The molecule has 5 rings (SSSR count). The Labute approximate surface area is 181 Å². The highest BCUT2D eigenvalue weighted by molar-refractivity contribution is 5.99. The van der Waals surface area contributed by atoms with Crippen molar-refractivity contribution in [2.45, 2.75) is 50.7 Å². The summed E-state index contributed by atoms with van der Waals surface area (Å²) in [6.45, 7) is 2.56. The fourth-order valence-corrected chi connectivity index (χ4v) is 4.71. The van der Waals surface area contributed by atoms with Gasteiger partial charge in [0.2, 0.25) is 5.95 Å². The van der Waals surface area contributed by atoms with Gasteiger partial charge < -0.3 is 14.5 Å². The van der Waals surface area contributed by atoms with Crippen LogP contribution in [0.15, 0.2) is 29.3 Å². The first-order valence-corrected chi connectivity index (χ1v) is 10.4. The van der Waals surface area contributed by atoms with E-state index in [1.807, 2.05) is 4.90 Å². The molecule has 3 aliphatic rings. The Bertz CT molecular complexity index is 1150. The van der Waals surface area contributed by atoms with E-state index in [1.54, 1.807) is 19.2 Å². The summed E-state index contributed by atoms with van der Waals surface area (Å²) in [6, 6.07) is 2.89. The molecule has 170 valence electrons. The number of hydrogen-bond acceptors (Lipinski definition) is 7. The number of rotatable bonds is 4. The lowest BCUT2D eigenvalue weighted by Gasteiger charge is -2.36. The van der Waals surface area contributed by atoms with Crippen molar-refractivity contribution in [3.63, 3.8) is 0 Å². The predicted octanol–water partition coefficient (Wildman–Crippen LogP) is 1.95. The molecule has 0 saturated carbocycles. The molecule has 5 heterocycles. The quantitative estimate of drug-likeness (QED) is 0.660. The molecule has 2 bridgehead atoms. The predicted molar refractivity (Wildman–Crippen MR) is 109 cm³/mol. The number of aromatic nitrogens is 3. The lowest BCUT2D eigenvalue weighted by molar-refractivity contribution is -0.181. The zero-order valence-corrected chi connectivity index (χ0v) is 17.6. The summed E-state index contributed by atoms with van der Waals surface area (Å²) >= 11 is 0. The van der Waals surface area contributed by atoms with Crippen molar-refractivity contribution in [2.24, 2.45) is 0 Å². The summed E-state index contributed by atoms with van der Waals surface area (Å²) in [5.41, 5.74) is -2.10. The average Bonchev–Trinajstić information content (AvgIpc) is 3.42. The molecule has 0 aromatic carbocycles. The van der Waals surface area contributed by atoms with Gasteiger partial charge in [-0.15, -0.1) is 0 Å². The van der Waals surface area contributed by atoms with E-state index < -0.39 is 36.1 Å². The number of carbonyl (C=O) groups is 1. The van der Waals surface area contributed by atoms with Crippen molar-refractivity contribution in [1.82, 2.24) is 14.5 Å². The Hall–Kier alpha value is -2.95. The van der Waals surface area contributed by atoms with Crippen LogP contribution in [0.2, 0.25) is 0 Å². The molecule has 0 radical (unpaired) electrons. The number of fused-ring (bicyclic) bond motifs is 3. The normalized spacial score (nSPS) is 26.7. The molecule has 3 unspecified atom stereocenters. The van der Waals surface area contributed by atoms with E-state index in [9.17, 15) is 22.8 Å². The number of alkyl halides is 3. The summed E-state index contributed by atoms with van der Waals surface area (Å²) in [4.78, 5) is 37.0. The molecule has 8 nitrogen and oxygen atoms in total. The van der Waals surface area contributed by atoms with Gasteiger partial charge in [-0.25, -0.2) is 0 Å². The SMILES string of the molecule is Cc1cncc(C(=O)CN2c3nc(N4CC5CC4CO5)cc(=O)n3CC2(C)C(F)(F)F)c1. The van der Waals surface area contributed by atoms with Crippen LogP contribution in [-0.4, -0.2) is 63.9 Å². The summed E-state index contributed by atoms with van der Waals surface area (Å²) in [6.07, 6.45) is -0.983. The number of ether oxygens (including phenoxy) is 1. The first-order valence-electron chi connectivity index (χ1n) is 10.4. The number of Topliss-reactive ketones (excluding diaryl/α,β-unsaturated/α-hetero) is 1. The Morgan fingerprint density at radius 3 is 2.72 bits per heavy atom. The van der Waals surface area contributed by atoms with E-state index in [2.05, 4.69) is 9.97 Å². The standard InChI is InChI=1S/C21H22F3N5O3/c1-12-3-13(7-25-6-12)16(30)9-29-19-26-17(27-8-15-4-14(27)10-32-15)5-18(31)28(19)11-20(29,2)21(22,23)24/h3,5-7,14-15H,4,8-11H2,1-2H3. The van der Waals surface area contributed by atoms with Crippen LogP contribution in [-0.2, 0) is 11.3 Å². The van der Waals surface area contributed by atoms with Crippen LogP contribution in [0, 0.1) is 6.92 Å². The average molecular weight is 449 g/mol. The number of pyridine rings is 1. The van der Waals surface area contributed by atoms with Gasteiger partial charge in [0.1, 0.15) is 5.82 Å². The maximum absolute atomic E-state index is 14.2. The van der Waals surface area contributed by atoms with Gasteiger partial charge in [0.15, 0.2) is 11.3 Å². The molecule has 11 heteroatoms.